The van der Waals surface area contributed by atoms with E-state index in [-0.39, 0.29) is 23.1 Å². The number of ether oxygens (including phenoxy) is 1. The first-order chi connectivity index (χ1) is 12.1. The molecule has 3 rings (SSSR count). The lowest BCUT2D eigenvalue weighted by Crippen LogP contribution is -2.13. The Kier molecular flexibility index (Phi) is 5.31. The van der Waals surface area contributed by atoms with E-state index < -0.39 is 5.82 Å². The minimum Gasteiger partial charge on any atom is -0.488 e. The molecule has 0 radical (unpaired) electrons. The Morgan fingerprint density at radius 1 is 0.960 bits per heavy atom. The predicted octanol–water partition coefficient (Wildman–Crippen LogP) is 5.31. The fourth-order valence-electron chi connectivity index (χ4n) is 2.32. The molecule has 5 heteroatoms. The number of carbonyl (C=O) groups is 1. The maximum atomic E-state index is 13.9. The summed E-state index contributed by atoms with van der Waals surface area (Å²) in [5.41, 5.74) is 1.29. The van der Waals surface area contributed by atoms with E-state index in [0.717, 1.165) is 0 Å². The van der Waals surface area contributed by atoms with E-state index >= 15 is 0 Å². The maximum Gasteiger partial charge on any atom is 0.259 e. The number of carbonyl (C=O) groups excluding carboxylic acids is 1. The van der Waals surface area contributed by atoms with E-state index in [2.05, 4.69) is 5.32 Å². The van der Waals surface area contributed by atoms with E-state index in [1.54, 1.807) is 42.5 Å². The van der Waals surface area contributed by atoms with E-state index in [1.165, 1.54) is 12.1 Å². The van der Waals surface area contributed by atoms with Crippen molar-refractivity contribution in [1.29, 1.82) is 0 Å². The second-order valence-corrected chi connectivity index (χ2v) is 5.71. The molecule has 3 nitrogen and oxygen atoms in total. The van der Waals surface area contributed by atoms with Crippen molar-refractivity contribution in [2.24, 2.45) is 0 Å². The van der Waals surface area contributed by atoms with Gasteiger partial charge in [-0.25, -0.2) is 4.39 Å². The highest BCUT2D eigenvalue weighted by Gasteiger charge is 2.14. The maximum absolute atomic E-state index is 13.9. The second kappa shape index (κ2) is 7.81. The van der Waals surface area contributed by atoms with Gasteiger partial charge in [-0.05, 0) is 36.4 Å². The molecule has 0 saturated carbocycles. The molecule has 0 aliphatic rings. The van der Waals surface area contributed by atoms with Crippen LogP contribution in [0.15, 0.2) is 72.8 Å². The van der Waals surface area contributed by atoms with Crippen LogP contribution in [0.4, 0.5) is 10.1 Å². The van der Waals surface area contributed by atoms with Crippen molar-refractivity contribution >= 4 is 23.2 Å². The zero-order valence-corrected chi connectivity index (χ0v) is 14.0. The highest BCUT2D eigenvalue weighted by molar-refractivity contribution is 6.31. The van der Waals surface area contributed by atoms with E-state index in [1.807, 2.05) is 18.2 Å². The van der Waals surface area contributed by atoms with Gasteiger partial charge in [-0.3, -0.25) is 4.79 Å². The number of rotatable bonds is 5. The quantitative estimate of drug-likeness (QED) is 0.673. The molecular weight excluding hydrogens is 341 g/mol. The molecule has 0 aliphatic heterocycles. The van der Waals surface area contributed by atoms with E-state index in [4.69, 9.17) is 16.3 Å². The monoisotopic (exact) mass is 355 g/mol. The Hall–Kier alpha value is -2.85. The summed E-state index contributed by atoms with van der Waals surface area (Å²) >= 11 is 6.01. The average molecular weight is 356 g/mol. The van der Waals surface area contributed by atoms with Gasteiger partial charge in [0.2, 0.25) is 0 Å². The summed E-state index contributed by atoms with van der Waals surface area (Å²) in [5, 5.41) is 3.08. The third kappa shape index (κ3) is 4.17. The normalized spacial score (nSPS) is 10.3. The molecule has 3 aromatic carbocycles. The first-order valence-corrected chi connectivity index (χ1v) is 8.04. The first-order valence-electron chi connectivity index (χ1n) is 7.66. The van der Waals surface area contributed by atoms with Gasteiger partial charge in [0, 0.05) is 11.3 Å². The van der Waals surface area contributed by atoms with Crippen LogP contribution in [0.25, 0.3) is 0 Å². The summed E-state index contributed by atoms with van der Waals surface area (Å²) in [6.45, 7) is -0.0683. The third-order valence-electron chi connectivity index (χ3n) is 3.60. The molecule has 0 aliphatic carbocycles. The van der Waals surface area contributed by atoms with Crippen LogP contribution >= 0.6 is 11.6 Å². The summed E-state index contributed by atoms with van der Waals surface area (Å²) in [4.78, 5) is 12.5. The topological polar surface area (TPSA) is 38.3 Å². The van der Waals surface area contributed by atoms with Gasteiger partial charge in [0.15, 0.2) is 0 Å². The number of para-hydroxylation sites is 2. The molecule has 0 atom stereocenters. The lowest BCUT2D eigenvalue weighted by Gasteiger charge is -2.13. The Morgan fingerprint density at radius 3 is 2.44 bits per heavy atom. The SMILES string of the molecule is O=C(Nc1ccccc1)c1ccccc1OCc1c(F)cccc1Cl. The Balaban J connectivity index is 1.78. The number of nitrogens with one attached hydrogen (secondary N) is 1. The van der Waals surface area contributed by atoms with Crippen LogP contribution in [0.3, 0.4) is 0 Å². The lowest BCUT2D eigenvalue weighted by molar-refractivity contribution is 0.102. The largest absolute Gasteiger partial charge is 0.488 e. The molecule has 0 aromatic heterocycles. The van der Waals surface area contributed by atoms with Gasteiger partial charge < -0.3 is 10.1 Å². The van der Waals surface area contributed by atoms with Crippen molar-refractivity contribution < 1.29 is 13.9 Å². The molecule has 0 heterocycles. The predicted molar refractivity (Wildman–Crippen MR) is 96.6 cm³/mol. The van der Waals surface area contributed by atoms with Crippen LogP contribution < -0.4 is 10.1 Å². The molecule has 0 unspecified atom stereocenters. The van der Waals surface area contributed by atoms with Crippen molar-refractivity contribution in [2.75, 3.05) is 5.32 Å². The summed E-state index contributed by atoms with van der Waals surface area (Å²) in [6.07, 6.45) is 0. The Labute approximate surface area is 150 Å². The van der Waals surface area contributed by atoms with Crippen LogP contribution in [0.1, 0.15) is 15.9 Å². The summed E-state index contributed by atoms with van der Waals surface area (Å²) in [6, 6.07) is 20.4. The number of benzene rings is 3. The standard InChI is InChI=1S/C20H15ClFNO2/c21-17-10-6-11-18(22)16(17)13-25-19-12-5-4-9-15(19)20(24)23-14-7-2-1-3-8-14/h1-12H,13H2,(H,23,24). The molecule has 1 amide bonds. The van der Waals surface area contributed by atoms with Gasteiger partial charge >= 0.3 is 0 Å². The molecule has 1 N–H and O–H groups in total. The highest BCUT2D eigenvalue weighted by Crippen LogP contribution is 2.24. The van der Waals surface area contributed by atoms with Crippen molar-refractivity contribution in [3.63, 3.8) is 0 Å². The molecule has 0 bridgehead atoms. The van der Waals surface area contributed by atoms with Crippen molar-refractivity contribution in [3.05, 3.63) is 94.8 Å². The zero-order chi connectivity index (χ0) is 17.6. The van der Waals surface area contributed by atoms with Gasteiger partial charge in [-0.1, -0.05) is 48.0 Å². The Morgan fingerprint density at radius 2 is 1.68 bits per heavy atom. The average Bonchev–Trinajstić information content (AvgIpc) is 2.62. The molecule has 25 heavy (non-hydrogen) atoms. The Bertz CT molecular complexity index is 864. The minimum atomic E-state index is -0.446. The molecule has 3 aromatic rings. The molecule has 126 valence electrons. The lowest BCUT2D eigenvalue weighted by atomic mass is 10.1. The van der Waals surface area contributed by atoms with Crippen molar-refractivity contribution in [2.45, 2.75) is 6.61 Å². The van der Waals surface area contributed by atoms with Crippen molar-refractivity contribution in [1.82, 2.24) is 0 Å². The first kappa shape index (κ1) is 17.0. The molecule has 0 fully saturated rings. The number of amides is 1. The number of halogens is 2. The summed E-state index contributed by atoms with van der Waals surface area (Å²) in [5.74, 6) is -0.393. The molecule has 0 spiro atoms. The zero-order valence-electron chi connectivity index (χ0n) is 13.2. The molecule has 0 saturated heterocycles. The smallest absolute Gasteiger partial charge is 0.259 e. The fourth-order valence-corrected chi connectivity index (χ4v) is 2.54. The highest BCUT2D eigenvalue weighted by atomic mass is 35.5. The van der Waals surface area contributed by atoms with Crippen molar-refractivity contribution in [3.8, 4) is 5.75 Å². The second-order valence-electron chi connectivity index (χ2n) is 5.31. The summed E-state index contributed by atoms with van der Waals surface area (Å²) in [7, 11) is 0. The number of anilines is 1. The van der Waals surface area contributed by atoms with Crippen LogP contribution in [-0.4, -0.2) is 5.91 Å². The minimum absolute atomic E-state index is 0.0683. The van der Waals surface area contributed by atoms with Gasteiger partial charge in [0.25, 0.3) is 5.91 Å². The van der Waals surface area contributed by atoms with E-state index in [0.29, 0.717) is 17.0 Å². The van der Waals surface area contributed by atoms with Crippen LogP contribution in [0.5, 0.6) is 5.75 Å². The van der Waals surface area contributed by atoms with Crippen LogP contribution in [-0.2, 0) is 6.61 Å². The van der Waals surface area contributed by atoms with Gasteiger partial charge in [0.05, 0.1) is 10.6 Å². The number of hydrogen-bond acceptors (Lipinski definition) is 2. The van der Waals surface area contributed by atoms with E-state index in [9.17, 15) is 9.18 Å². The van der Waals surface area contributed by atoms with Crippen LogP contribution in [0.2, 0.25) is 5.02 Å². The summed E-state index contributed by atoms with van der Waals surface area (Å²) < 4.78 is 19.5. The van der Waals surface area contributed by atoms with Crippen LogP contribution in [0, 0.1) is 5.82 Å². The van der Waals surface area contributed by atoms with Gasteiger partial charge in [-0.15, -0.1) is 0 Å². The van der Waals surface area contributed by atoms with Gasteiger partial charge in [-0.2, -0.15) is 0 Å². The molecular formula is C20H15ClFNO2. The fraction of sp³-hybridized carbons (Fsp3) is 0.0500. The van der Waals surface area contributed by atoms with Gasteiger partial charge in [0.1, 0.15) is 18.2 Å². The number of hydrogen-bond donors (Lipinski definition) is 1. The third-order valence-corrected chi connectivity index (χ3v) is 3.95.